The minimum atomic E-state index is -4.18. The summed E-state index contributed by atoms with van der Waals surface area (Å²) in [7, 11) is -4.18. The van der Waals surface area contributed by atoms with E-state index in [0.717, 1.165) is 0 Å². The van der Waals surface area contributed by atoms with Gasteiger partial charge in [-0.3, -0.25) is 4.55 Å². The lowest BCUT2D eigenvalue weighted by atomic mass is 10.1. The maximum Gasteiger partial charge on any atom is 0.295 e. The van der Waals surface area contributed by atoms with Crippen LogP contribution in [0.25, 0.3) is 10.8 Å². The van der Waals surface area contributed by atoms with Crippen LogP contribution < -0.4 is 0 Å². The van der Waals surface area contributed by atoms with Crippen LogP contribution in [0.4, 0.5) is 0 Å². The van der Waals surface area contributed by atoms with Crippen molar-refractivity contribution in [2.45, 2.75) is 4.90 Å². The summed E-state index contributed by atoms with van der Waals surface area (Å²) in [6.07, 6.45) is 0. The van der Waals surface area contributed by atoms with Crippen molar-refractivity contribution in [2.24, 2.45) is 0 Å². The topological polar surface area (TPSA) is 54.4 Å². The molecule has 0 aliphatic rings. The van der Waals surface area contributed by atoms with Crippen LogP contribution >= 0.6 is 0 Å². The molecule has 0 aliphatic heterocycles. The lowest BCUT2D eigenvalue weighted by molar-refractivity contribution is 0.484. The van der Waals surface area contributed by atoms with Crippen molar-refractivity contribution in [1.82, 2.24) is 0 Å². The van der Waals surface area contributed by atoms with E-state index in [1.807, 2.05) is 0 Å². The second-order valence-corrected chi connectivity index (χ2v) is 4.17. The van der Waals surface area contributed by atoms with E-state index in [2.05, 4.69) is 12.1 Å². The second-order valence-electron chi connectivity index (χ2n) is 2.78. The van der Waals surface area contributed by atoms with Crippen LogP contribution in [0.1, 0.15) is 0 Å². The molecule has 0 spiro atoms. The minimum absolute atomic E-state index is 0.133. The number of benzene rings is 2. The predicted octanol–water partition coefficient (Wildman–Crippen LogP) is 1.69. The monoisotopic (exact) mass is 206 g/mol. The van der Waals surface area contributed by atoms with E-state index < -0.39 is 10.1 Å². The van der Waals surface area contributed by atoms with Crippen molar-refractivity contribution < 1.29 is 13.0 Å². The third-order valence-electron chi connectivity index (χ3n) is 1.85. The molecule has 2 aromatic rings. The summed E-state index contributed by atoms with van der Waals surface area (Å²) in [4.78, 5) is -0.133. The predicted molar refractivity (Wildman–Crippen MR) is 51.4 cm³/mol. The van der Waals surface area contributed by atoms with Gasteiger partial charge in [-0.05, 0) is 23.6 Å². The third-order valence-corrected chi connectivity index (χ3v) is 2.75. The van der Waals surface area contributed by atoms with E-state index in [0.29, 0.717) is 10.8 Å². The Morgan fingerprint density at radius 2 is 1.86 bits per heavy atom. The van der Waals surface area contributed by atoms with Gasteiger partial charge >= 0.3 is 0 Å². The highest BCUT2D eigenvalue weighted by Gasteiger charge is 2.12. The van der Waals surface area contributed by atoms with Gasteiger partial charge in [-0.25, -0.2) is 0 Å². The molecule has 1 N–H and O–H groups in total. The third kappa shape index (κ3) is 1.49. The lowest BCUT2D eigenvalue weighted by Crippen LogP contribution is -1.98. The molecule has 0 unspecified atom stereocenters. The van der Waals surface area contributed by atoms with Crippen molar-refractivity contribution in [3.63, 3.8) is 0 Å². The first kappa shape index (κ1) is 9.18. The Morgan fingerprint density at radius 3 is 2.57 bits per heavy atom. The molecule has 4 heteroatoms. The van der Waals surface area contributed by atoms with Crippen LogP contribution in [0, 0.1) is 12.1 Å². The first-order valence-electron chi connectivity index (χ1n) is 3.87. The Morgan fingerprint density at radius 1 is 1.14 bits per heavy atom. The number of hydrogen-bond acceptors (Lipinski definition) is 2. The van der Waals surface area contributed by atoms with Crippen LogP contribution in [0.5, 0.6) is 0 Å². The largest absolute Gasteiger partial charge is 0.295 e. The summed E-state index contributed by atoms with van der Waals surface area (Å²) in [5.74, 6) is 0. The van der Waals surface area contributed by atoms with Crippen LogP contribution in [0.15, 0.2) is 35.2 Å². The Hall–Kier alpha value is -1.39. The molecule has 0 aliphatic carbocycles. The van der Waals surface area contributed by atoms with E-state index in [4.69, 9.17) is 4.55 Å². The zero-order chi connectivity index (χ0) is 10.2. The summed E-state index contributed by atoms with van der Waals surface area (Å²) in [6.45, 7) is 0. The van der Waals surface area contributed by atoms with Crippen molar-refractivity contribution >= 4 is 20.9 Å². The Labute approximate surface area is 81.7 Å². The molecule has 0 heterocycles. The molecule has 0 saturated heterocycles. The molecule has 0 aromatic heterocycles. The fourth-order valence-electron chi connectivity index (χ4n) is 1.27. The molecule has 0 atom stereocenters. The summed E-state index contributed by atoms with van der Waals surface area (Å²) >= 11 is 0. The number of fused-ring (bicyclic) bond motifs is 1. The average Bonchev–Trinajstić information content (AvgIpc) is 2.15. The zero-order valence-corrected chi connectivity index (χ0v) is 7.88. The quantitative estimate of drug-likeness (QED) is 0.722. The van der Waals surface area contributed by atoms with Gasteiger partial charge in [0.2, 0.25) is 0 Å². The van der Waals surface area contributed by atoms with E-state index >= 15 is 0 Å². The maximum atomic E-state index is 11.0. The first-order valence-corrected chi connectivity index (χ1v) is 5.31. The van der Waals surface area contributed by atoms with Crippen molar-refractivity contribution in [3.8, 4) is 0 Å². The average molecular weight is 206 g/mol. The van der Waals surface area contributed by atoms with Gasteiger partial charge in [0, 0.05) is 5.39 Å². The van der Waals surface area contributed by atoms with Gasteiger partial charge < -0.3 is 0 Å². The van der Waals surface area contributed by atoms with Gasteiger partial charge in [-0.1, -0.05) is 24.3 Å². The van der Waals surface area contributed by atoms with Crippen molar-refractivity contribution in [1.29, 1.82) is 0 Å². The molecule has 2 rings (SSSR count). The Bertz CT molecular complexity index is 567. The van der Waals surface area contributed by atoms with E-state index in [1.165, 1.54) is 6.07 Å². The first-order chi connectivity index (χ1) is 6.59. The fourth-order valence-corrected chi connectivity index (χ4v) is 1.95. The van der Waals surface area contributed by atoms with E-state index in [1.54, 1.807) is 24.3 Å². The molecule has 14 heavy (non-hydrogen) atoms. The van der Waals surface area contributed by atoms with Gasteiger partial charge in [0.1, 0.15) is 4.90 Å². The standard InChI is InChI=1S/C10H6O3S/c11-14(12,13)10-7-3-5-8-4-1-2-6-9(8)10/h1-3,5,7H,(H,11,12,13). The van der Waals surface area contributed by atoms with Gasteiger partial charge in [-0.2, -0.15) is 8.42 Å². The van der Waals surface area contributed by atoms with Crippen molar-refractivity contribution in [2.75, 3.05) is 0 Å². The highest BCUT2D eigenvalue weighted by molar-refractivity contribution is 7.86. The summed E-state index contributed by atoms with van der Waals surface area (Å²) < 4.78 is 30.9. The molecular formula is C10H6O3S. The molecule has 70 valence electrons. The molecule has 0 fully saturated rings. The zero-order valence-electron chi connectivity index (χ0n) is 7.06. The van der Waals surface area contributed by atoms with Crippen molar-refractivity contribution in [3.05, 3.63) is 42.5 Å². The maximum absolute atomic E-state index is 11.0. The summed E-state index contributed by atoms with van der Waals surface area (Å²) in [5.41, 5.74) is 0. The SMILES string of the molecule is O=S(=O)(O)c1cccc2[c]cc[c]c12. The molecule has 0 bridgehead atoms. The number of rotatable bonds is 1. The van der Waals surface area contributed by atoms with Crippen LogP contribution in [0.3, 0.4) is 0 Å². The summed E-state index contributed by atoms with van der Waals surface area (Å²) in [5, 5.41) is 0.972. The highest BCUT2D eigenvalue weighted by Crippen LogP contribution is 2.21. The number of hydrogen-bond donors (Lipinski definition) is 1. The van der Waals surface area contributed by atoms with E-state index in [9.17, 15) is 8.42 Å². The minimum Gasteiger partial charge on any atom is -0.282 e. The molecular weight excluding hydrogens is 200 g/mol. The Kier molecular flexibility index (Phi) is 2.02. The van der Waals surface area contributed by atoms with Gasteiger partial charge in [0.25, 0.3) is 10.1 Å². The smallest absolute Gasteiger partial charge is 0.282 e. The second kappa shape index (κ2) is 3.08. The normalized spacial score (nSPS) is 11.8. The molecule has 0 saturated carbocycles. The van der Waals surface area contributed by atoms with Gasteiger partial charge in [0.15, 0.2) is 0 Å². The molecule has 2 aromatic carbocycles. The van der Waals surface area contributed by atoms with E-state index in [-0.39, 0.29) is 4.90 Å². The summed E-state index contributed by atoms with van der Waals surface area (Å²) in [6, 6.07) is 13.4. The van der Waals surface area contributed by atoms with Crippen LogP contribution in [-0.4, -0.2) is 13.0 Å². The highest BCUT2D eigenvalue weighted by atomic mass is 32.2. The molecule has 3 nitrogen and oxygen atoms in total. The van der Waals surface area contributed by atoms with Gasteiger partial charge in [0.05, 0.1) is 0 Å². The molecule has 2 radical (unpaired) electrons. The lowest BCUT2D eigenvalue weighted by Gasteiger charge is -2.01. The Balaban J connectivity index is 2.92. The van der Waals surface area contributed by atoms with Gasteiger partial charge in [-0.15, -0.1) is 0 Å². The van der Waals surface area contributed by atoms with Crippen LogP contribution in [-0.2, 0) is 10.1 Å². The van der Waals surface area contributed by atoms with Crippen LogP contribution in [0.2, 0.25) is 0 Å². The molecule has 0 amide bonds. The fraction of sp³-hybridized carbons (Fsp3) is 0.